The van der Waals surface area contributed by atoms with Crippen molar-refractivity contribution < 1.29 is 38.1 Å². The summed E-state index contributed by atoms with van der Waals surface area (Å²) in [6.07, 6.45) is 1.06. The number of carbonyl (C=O) groups is 4. The number of rotatable bonds is 17. The Hall–Kier alpha value is -4.19. The Balaban J connectivity index is 2.71. The van der Waals surface area contributed by atoms with Crippen molar-refractivity contribution in [2.75, 3.05) is 34.9 Å². The quantitative estimate of drug-likeness (QED) is 0.130. The molecule has 2 aromatic rings. The summed E-state index contributed by atoms with van der Waals surface area (Å²) in [6, 6.07) is 12.3. The zero-order valence-electron chi connectivity index (χ0n) is 35.0. The number of benzene rings is 2. The van der Waals surface area contributed by atoms with Crippen molar-refractivity contribution in [2.24, 2.45) is 5.92 Å². The Morgan fingerprint density at radius 1 is 0.833 bits per heavy atom. The van der Waals surface area contributed by atoms with Gasteiger partial charge >= 0.3 is 12.1 Å². The Labute approximate surface area is 327 Å². The lowest BCUT2D eigenvalue weighted by Gasteiger charge is -2.43. The minimum atomic E-state index is -1.12. The van der Waals surface area contributed by atoms with Gasteiger partial charge in [0, 0.05) is 35.6 Å². The van der Waals surface area contributed by atoms with Crippen LogP contribution in [0.3, 0.4) is 0 Å². The molecule has 54 heavy (non-hydrogen) atoms. The van der Waals surface area contributed by atoms with Crippen LogP contribution in [-0.2, 0) is 35.0 Å². The summed E-state index contributed by atoms with van der Waals surface area (Å²) >= 11 is 1.52. The maximum atomic E-state index is 14.9. The molecule has 0 bridgehead atoms. The minimum absolute atomic E-state index is 0.0881. The summed E-state index contributed by atoms with van der Waals surface area (Å²) in [5.74, 6) is 0.473. The van der Waals surface area contributed by atoms with E-state index in [4.69, 9.17) is 18.9 Å². The molecule has 11 nitrogen and oxygen atoms in total. The topological polar surface area (TPSA) is 124 Å². The van der Waals surface area contributed by atoms with E-state index in [1.807, 2.05) is 77.9 Å². The number of carbonyl (C=O) groups excluding carboxylic acids is 4. The molecule has 0 radical (unpaired) electrons. The molecular formula is C42H63N3O8S. The van der Waals surface area contributed by atoms with Crippen molar-refractivity contribution in [2.45, 2.75) is 116 Å². The third-order valence-corrected chi connectivity index (χ3v) is 10.8. The van der Waals surface area contributed by atoms with Gasteiger partial charge in [-0.05, 0) is 89.8 Å². The normalized spacial score (nSPS) is 14.0. The number of ether oxygens (including phenoxy) is 4. The molecule has 0 saturated heterocycles. The van der Waals surface area contributed by atoms with E-state index in [-0.39, 0.29) is 18.4 Å². The monoisotopic (exact) mass is 769 g/mol. The van der Waals surface area contributed by atoms with E-state index in [2.05, 4.69) is 5.32 Å². The van der Waals surface area contributed by atoms with Gasteiger partial charge in [-0.25, -0.2) is 9.59 Å². The molecule has 12 heteroatoms. The van der Waals surface area contributed by atoms with E-state index in [9.17, 15) is 19.2 Å². The van der Waals surface area contributed by atoms with Crippen LogP contribution in [0.25, 0.3) is 0 Å². The van der Waals surface area contributed by atoms with Crippen molar-refractivity contribution in [1.82, 2.24) is 15.1 Å². The predicted octanol–water partition coefficient (Wildman–Crippen LogP) is 7.41. The number of esters is 1. The van der Waals surface area contributed by atoms with Gasteiger partial charge in [-0.15, -0.1) is 11.8 Å². The van der Waals surface area contributed by atoms with Gasteiger partial charge in [0.15, 0.2) is 0 Å². The molecule has 300 valence electrons. The number of thioether (sulfide) groups is 1. The number of nitrogens with one attached hydrogen (secondary N) is 1. The van der Waals surface area contributed by atoms with Crippen LogP contribution in [0, 0.1) is 5.92 Å². The summed E-state index contributed by atoms with van der Waals surface area (Å²) in [4.78, 5) is 58.9. The molecule has 3 atom stereocenters. The summed E-state index contributed by atoms with van der Waals surface area (Å²) < 4.78 is 20.8. The fraction of sp³-hybridized carbons (Fsp3) is 0.571. The van der Waals surface area contributed by atoms with Gasteiger partial charge < -0.3 is 29.2 Å². The van der Waals surface area contributed by atoms with Gasteiger partial charge in [0.25, 0.3) is 0 Å². The van der Waals surface area contributed by atoms with Gasteiger partial charge in [-0.3, -0.25) is 14.5 Å². The molecule has 0 aromatic heterocycles. The lowest BCUT2D eigenvalue weighted by molar-refractivity contribution is -0.140. The molecule has 0 fully saturated rings. The number of amides is 3. The first-order valence-corrected chi connectivity index (χ1v) is 19.3. The van der Waals surface area contributed by atoms with Crippen molar-refractivity contribution >= 4 is 35.6 Å². The first-order valence-electron chi connectivity index (χ1n) is 18.3. The number of likely N-dealkylation sites (N-methyl/N-ethyl adjacent to an activating group) is 2. The molecule has 1 N–H and O–H groups in total. The molecule has 0 aliphatic heterocycles. The SMILES string of the molecule is CCOC(=O)/C(C)=C/[C@H](C(C)C)N(C)C(=O)[C@@H](NC(=O)[C@@H](N(C)C(=O)OC(C)(C)C)C(C)(C)c1ccc(OC)cc1)C(C)(C)SCc1ccc(OC)cc1. The van der Waals surface area contributed by atoms with Gasteiger partial charge in [0.05, 0.1) is 26.9 Å². The van der Waals surface area contributed by atoms with Gasteiger partial charge in [-0.2, -0.15) is 0 Å². The van der Waals surface area contributed by atoms with E-state index >= 15 is 0 Å². The average molecular weight is 770 g/mol. The van der Waals surface area contributed by atoms with Gasteiger partial charge in [0.1, 0.15) is 29.2 Å². The highest BCUT2D eigenvalue weighted by molar-refractivity contribution is 7.99. The van der Waals surface area contributed by atoms with Crippen molar-refractivity contribution in [3.63, 3.8) is 0 Å². The first kappa shape index (κ1) is 46.0. The molecule has 0 saturated carbocycles. The molecular weight excluding hydrogens is 707 g/mol. The summed E-state index contributed by atoms with van der Waals surface area (Å²) in [7, 11) is 6.40. The van der Waals surface area contributed by atoms with Gasteiger partial charge in [0.2, 0.25) is 11.8 Å². The first-order chi connectivity index (χ1) is 25.0. The van der Waals surface area contributed by atoms with E-state index in [0.29, 0.717) is 17.1 Å². The summed E-state index contributed by atoms with van der Waals surface area (Å²) in [6.45, 7) is 20.4. The van der Waals surface area contributed by atoms with E-state index in [1.165, 1.54) is 23.7 Å². The van der Waals surface area contributed by atoms with Crippen LogP contribution in [0.4, 0.5) is 4.79 Å². The van der Waals surface area contributed by atoms with Crippen LogP contribution in [0.15, 0.2) is 60.2 Å². The Kier molecular flexibility index (Phi) is 16.5. The maximum Gasteiger partial charge on any atom is 0.410 e. The molecule has 3 amide bonds. The summed E-state index contributed by atoms with van der Waals surface area (Å²) in [5, 5.41) is 3.12. The van der Waals surface area contributed by atoms with Crippen LogP contribution in [0.5, 0.6) is 11.5 Å². The van der Waals surface area contributed by atoms with Crippen LogP contribution < -0.4 is 14.8 Å². The second kappa shape index (κ2) is 19.4. The van der Waals surface area contributed by atoms with Crippen LogP contribution in [0.1, 0.15) is 87.3 Å². The molecule has 0 spiro atoms. The molecule has 0 aliphatic carbocycles. The largest absolute Gasteiger partial charge is 0.497 e. The van der Waals surface area contributed by atoms with E-state index in [0.717, 1.165) is 16.9 Å². The third-order valence-electron chi connectivity index (χ3n) is 9.33. The number of hydrogen-bond donors (Lipinski definition) is 1. The van der Waals surface area contributed by atoms with Crippen LogP contribution in [-0.4, -0.2) is 97.1 Å². The van der Waals surface area contributed by atoms with Crippen LogP contribution in [0.2, 0.25) is 0 Å². The lowest BCUT2D eigenvalue weighted by Crippen LogP contribution is -2.64. The third kappa shape index (κ3) is 12.4. The second-order valence-electron chi connectivity index (χ2n) is 15.9. The molecule has 0 unspecified atom stereocenters. The van der Waals surface area contributed by atoms with Crippen molar-refractivity contribution in [3.05, 3.63) is 71.3 Å². The highest BCUT2D eigenvalue weighted by Crippen LogP contribution is 2.36. The smallest absolute Gasteiger partial charge is 0.410 e. The van der Waals surface area contributed by atoms with Crippen LogP contribution >= 0.6 is 11.8 Å². The minimum Gasteiger partial charge on any atom is -0.497 e. The number of hydrogen-bond acceptors (Lipinski definition) is 9. The molecule has 2 aromatic carbocycles. The predicted molar refractivity (Wildman–Crippen MR) is 216 cm³/mol. The zero-order chi connectivity index (χ0) is 41.2. The fourth-order valence-electron chi connectivity index (χ4n) is 6.11. The molecule has 0 heterocycles. The number of methoxy groups -OCH3 is 2. The van der Waals surface area contributed by atoms with Crippen molar-refractivity contribution in [3.8, 4) is 11.5 Å². The highest BCUT2D eigenvalue weighted by atomic mass is 32.2. The molecule has 2 rings (SSSR count). The zero-order valence-corrected chi connectivity index (χ0v) is 35.8. The second-order valence-corrected chi connectivity index (χ2v) is 17.5. The van der Waals surface area contributed by atoms with E-state index < -0.39 is 51.9 Å². The average Bonchev–Trinajstić information content (AvgIpc) is 3.10. The standard InChI is InChI=1S/C42H63N3O8S/c1-16-52-38(48)28(4)25-33(27(2)3)44(12)37(47)34(42(10,11)54-26-29-17-21-31(50-14)22-18-29)43-36(46)35(45(13)39(49)53-40(5,6)7)41(8,9)30-19-23-32(51-15)24-20-30/h17-25,27,33-35H,16,26H2,1-15H3,(H,43,46)/b28-25+/t33-,34-,35-/m1/s1. The Morgan fingerprint density at radius 3 is 1.81 bits per heavy atom. The number of nitrogens with zero attached hydrogens (tertiary/aromatic N) is 2. The lowest BCUT2D eigenvalue weighted by atomic mass is 9.76. The van der Waals surface area contributed by atoms with E-state index in [1.54, 1.807) is 79.0 Å². The fourth-order valence-corrected chi connectivity index (χ4v) is 7.16. The highest BCUT2D eigenvalue weighted by Gasteiger charge is 2.47. The Morgan fingerprint density at radius 2 is 1.35 bits per heavy atom. The van der Waals surface area contributed by atoms with Crippen molar-refractivity contribution in [1.29, 1.82) is 0 Å². The molecule has 0 aliphatic rings. The van der Waals surface area contributed by atoms with Gasteiger partial charge in [-0.1, -0.05) is 58.0 Å². The Bertz CT molecular complexity index is 1600. The maximum absolute atomic E-state index is 14.9. The summed E-state index contributed by atoms with van der Waals surface area (Å²) in [5.41, 5.74) is 0.368.